The maximum Gasteiger partial charge on any atom is 0.233 e. The summed E-state index contributed by atoms with van der Waals surface area (Å²) in [6.45, 7) is 2.59. The third-order valence-electron chi connectivity index (χ3n) is 3.93. The molecule has 4 rings (SSSR count). The van der Waals surface area contributed by atoms with Crippen LogP contribution < -0.4 is 4.57 Å². The Kier molecular flexibility index (Phi) is 4.09. The van der Waals surface area contributed by atoms with Gasteiger partial charge in [-0.05, 0) is 58.7 Å². The molecule has 0 unspecified atom stereocenters. The summed E-state index contributed by atoms with van der Waals surface area (Å²) in [4.78, 5) is 4.59. The number of hydrogen-bond acceptors (Lipinski definition) is 2. The smallest absolute Gasteiger partial charge is 0.233 e. The van der Waals surface area contributed by atoms with Crippen LogP contribution in [-0.4, -0.2) is 4.98 Å². The molecule has 0 atom stereocenters. The lowest BCUT2D eigenvalue weighted by molar-refractivity contribution is -0.688. The second-order valence-electron chi connectivity index (χ2n) is 6.04. The van der Waals surface area contributed by atoms with Crippen LogP contribution in [0.4, 0.5) is 4.39 Å². The van der Waals surface area contributed by atoms with Gasteiger partial charge in [-0.15, -0.1) is 0 Å². The van der Waals surface area contributed by atoms with Crippen LogP contribution in [0.25, 0.3) is 22.6 Å². The molecule has 0 spiro atoms. The average Bonchev–Trinajstić information content (AvgIpc) is 2.97. The minimum atomic E-state index is -0.234. The number of aromatic nitrogens is 2. The van der Waals surface area contributed by atoms with Gasteiger partial charge >= 0.3 is 0 Å². The highest BCUT2D eigenvalue weighted by atomic mass is 79.9. The fraction of sp³-hybridized carbons (Fsp3) is 0.100. The van der Waals surface area contributed by atoms with Crippen LogP contribution in [0.3, 0.4) is 0 Å². The van der Waals surface area contributed by atoms with Crippen molar-refractivity contribution in [2.24, 2.45) is 0 Å². The molecule has 3 nitrogen and oxygen atoms in total. The maximum absolute atomic E-state index is 13.4. The van der Waals surface area contributed by atoms with Crippen molar-refractivity contribution in [1.82, 2.24) is 4.98 Å². The molecule has 25 heavy (non-hydrogen) atoms. The number of hydrogen-bond donors (Lipinski definition) is 0. The molecule has 2 aromatic heterocycles. The van der Waals surface area contributed by atoms with E-state index in [4.69, 9.17) is 4.42 Å². The number of halogens is 2. The van der Waals surface area contributed by atoms with Crippen molar-refractivity contribution >= 4 is 27.0 Å². The molecule has 0 saturated heterocycles. The van der Waals surface area contributed by atoms with Gasteiger partial charge in [0.1, 0.15) is 16.9 Å². The van der Waals surface area contributed by atoms with E-state index in [0.717, 1.165) is 32.3 Å². The number of benzene rings is 2. The molecule has 0 fully saturated rings. The number of pyridine rings is 1. The zero-order valence-electron chi connectivity index (χ0n) is 13.5. The summed E-state index contributed by atoms with van der Waals surface area (Å²) in [6, 6.07) is 14.5. The number of oxazole rings is 1. The first-order valence-corrected chi connectivity index (χ1v) is 8.68. The van der Waals surface area contributed by atoms with Crippen molar-refractivity contribution in [2.75, 3.05) is 0 Å². The second kappa shape index (κ2) is 6.41. The molecule has 2 aromatic carbocycles. The predicted octanol–water partition coefficient (Wildman–Crippen LogP) is 5.04. The van der Waals surface area contributed by atoms with E-state index in [1.807, 2.05) is 54.2 Å². The Bertz CT molecular complexity index is 1070. The Labute approximate surface area is 152 Å². The van der Waals surface area contributed by atoms with E-state index in [-0.39, 0.29) is 5.82 Å². The lowest BCUT2D eigenvalue weighted by atomic mass is 10.2. The molecule has 0 N–H and O–H groups in total. The van der Waals surface area contributed by atoms with Crippen molar-refractivity contribution in [3.63, 3.8) is 0 Å². The van der Waals surface area contributed by atoms with Gasteiger partial charge in [0.25, 0.3) is 0 Å². The molecule has 0 radical (unpaired) electrons. The van der Waals surface area contributed by atoms with Gasteiger partial charge < -0.3 is 4.42 Å². The van der Waals surface area contributed by atoms with Crippen LogP contribution in [0.5, 0.6) is 0 Å². The van der Waals surface area contributed by atoms with E-state index in [2.05, 4.69) is 20.9 Å². The standard InChI is InChI=1S/C20H15BrFN2O/c1-13-5-6-19-18(7-13)23-20(25-19)15-9-16(21)12-24(11-15)10-14-3-2-4-17(22)8-14/h2-9,11-12H,10H2,1H3/q+1. The molecule has 0 amide bonds. The van der Waals surface area contributed by atoms with Gasteiger partial charge in [0, 0.05) is 5.56 Å². The highest BCUT2D eigenvalue weighted by Gasteiger charge is 2.14. The largest absolute Gasteiger partial charge is 0.436 e. The van der Waals surface area contributed by atoms with Crippen LogP contribution in [0, 0.1) is 12.7 Å². The highest BCUT2D eigenvalue weighted by Crippen LogP contribution is 2.25. The molecule has 2 heterocycles. The second-order valence-corrected chi connectivity index (χ2v) is 6.95. The van der Waals surface area contributed by atoms with Gasteiger partial charge in [-0.1, -0.05) is 18.2 Å². The first-order valence-electron chi connectivity index (χ1n) is 7.88. The van der Waals surface area contributed by atoms with Gasteiger partial charge in [-0.25, -0.2) is 9.37 Å². The highest BCUT2D eigenvalue weighted by molar-refractivity contribution is 9.10. The molecule has 4 aromatic rings. The van der Waals surface area contributed by atoms with E-state index < -0.39 is 0 Å². The van der Waals surface area contributed by atoms with Crippen LogP contribution in [-0.2, 0) is 6.54 Å². The fourth-order valence-corrected chi connectivity index (χ4v) is 3.32. The Morgan fingerprint density at radius 2 is 2.00 bits per heavy atom. The number of fused-ring (bicyclic) bond motifs is 1. The molecule has 0 aliphatic rings. The molecular formula is C20H15BrFN2O+. The molecule has 0 bridgehead atoms. The van der Waals surface area contributed by atoms with Gasteiger partial charge in [-0.3, -0.25) is 0 Å². The summed E-state index contributed by atoms with van der Waals surface area (Å²) in [6.07, 6.45) is 3.90. The third-order valence-corrected chi connectivity index (χ3v) is 4.37. The summed E-state index contributed by atoms with van der Waals surface area (Å²) in [7, 11) is 0. The monoisotopic (exact) mass is 397 g/mol. The summed E-state index contributed by atoms with van der Waals surface area (Å²) in [5, 5.41) is 0. The molecule has 5 heteroatoms. The molecule has 0 aliphatic carbocycles. The first kappa shape index (κ1) is 16.0. The lowest BCUT2D eigenvalue weighted by Crippen LogP contribution is -2.33. The number of rotatable bonds is 3. The Hall–Kier alpha value is -2.53. The normalized spacial score (nSPS) is 11.2. The Morgan fingerprint density at radius 3 is 2.84 bits per heavy atom. The molecular weight excluding hydrogens is 383 g/mol. The zero-order valence-corrected chi connectivity index (χ0v) is 15.1. The van der Waals surface area contributed by atoms with Gasteiger partial charge in [0.15, 0.2) is 24.5 Å². The van der Waals surface area contributed by atoms with E-state index in [1.54, 1.807) is 6.07 Å². The average molecular weight is 398 g/mol. The SMILES string of the molecule is Cc1ccc2oc(-c3cc(Br)c[n+](Cc4cccc(F)c4)c3)nc2c1. The topological polar surface area (TPSA) is 29.9 Å². The Balaban J connectivity index is 1.73. The maximum atomic E-state index is 13.4. The quantitative estimate of drug-likeness (QED) is 0.453. The van der Waals surface area contributed by atoms with Crippen molar-refractivity contribution < 1.29 is 13.4 Å². The summed E-state index contributed by atoms with van der Waals surface area (Å²) < 4.78 is 22.2. The third kappa shape index (κ3) is 3.46. The number of nitrogens with zero attached hydrogens (tertiary/aromatic N) is 2. The van der Waals surface area contributed by atoms with Crippen LogP contribution >= 0.6 is 15.9 Å². The molecule has 0 saturated carbocycles. The first-order chi connectivity index (χ1) is 12.1. The van der Waals surface area contributed by atoms with Crippen LogP contribution in [0.1, 0.15) is 11.1 Å². The summed E-state index contributed by atoms with van der Waals surface area (Å²) >= 11 is 3.53. The zero-order chi connectivity index (χ0) is 17.4. The van der Waals surface area contributed by atoms with Crippen molar-refractivity contribution in [2.45, 2.75) is 13.5 Å². The minimum Gasteiger partial charge on any atom is -0.436 e. The summed E-state index contributed by atoms with van der Waals surface area (Å²) in [5.41, 5.74) is 4.49. The Morgan fingerprint density at radius 1 is 1.12 bits per heavy atom. The molecule has 0 aliphatic heterocycles. The van der Waals surface area contributed by atoms with E-state index in [9.17, 15) is 4.39 Å². The van der Waals surface area contributed by atoms with Crippen LogP contribution in [0.15, 0.2) is 69.8 Å². The lowest BCUT2D eigenvalue weighted by Gasteiger charge is -2.01. The van der Waals surface area contributed by atoms with E-state index in [1.165, 1.54) is 12.1 Å². The predicted molar refractivity (Wildman–Crippen MR) is 97.6 cm³/mol. The van der Waals surface area contributed by atoms with Gasteiger partial charge in [0.05, 0.1) is 4.47 Å². The van der Waals surface area contributed by atoms with Crippen molar-refractivity contribution in [1.29, 1.82) is 0 Å². The summed E-state index contributed by atoms with van der Waals surface area (Å²) in [5.74, 6) is 0.331. The van der Waals surface area contributed by atoms with E-state index in [0.29, 0.717) is 12.4 Å². The molecule has 124 valence electrons. The minimum absolute atomic E-state index is 0.234. The van der Waals surface area contributed by atoms with E-state index >= 15 is 0 Å². The fourth-order valence-electron chi connectivity index (χ4n) is 2.81. The van der Waals surface area contributed by atoms with Crippen LogP contribution in [0.2, 0.25) is 0 Å². The van der Waals surface area contributed by atoms with Crippen molar-refractivity contribution in [3.05, 3.63) is 82.3 Å². The van der Waals surface area contributed by atoms with Crippen molar-refractivity contribution in [3.8, 4) is 11.5 Å². The number of aryl methyl sites for hydroxylation is 1. The van der Waals surface area contributed by atoms with Gasteiger partial charge in [-0.2, -0.15) is 4.57 Å². The van der Waals surface area contributed by atoms with Gasteiger partial charge in [0.2, 0.25) is 5.89 Å².